The summed E-state index contributed by atoms with van der Waals surface area (Å²) in [6.07, 6.45) is 0. The minimum atomic E-state index is -0.395. The number of phenolic OH excluding ortho intramolecular Hbond substituents is 2. The van der Waals surface area contributed by atoms with Crippen LogP contribution in [0.1, 0.15) is 5.56 Å². The summed E-state index contributed by atoms with van der Waals surface area (Å²) in [4.78, 5) is 11.9. The number of benzene rings is 2. The highest BCUT2D eigenvalue weighted by Crippen LogP contribution is 2.41. The molecule has 0 aromatic heterocycles. The third-order valence-corrected chi connectivity index (χ3v) is 5.93. The highest BCUT2D eigenvalue weighted by atomic mass is 79.9. The van der Waals surface area contributed by atoms with Crippen molar-refractivity contribution in [3.63, 3.8) is 0 Å². The van der Waals surface area contributed by atoms with Crippen molar-refractivity contribution in [2.75, 3.05) is 13.7 Å². The zero-order valence-electron chi connectivity index (χ0n) is 13.5. The normalized spacial score (nSPS) is 10.5. The van der Waals surface area contributed by atoms with Crippen molar-refractivity contribution in [3.05, 3.63) is 43.2 Å². The van der Waals surface area contributed by atoms with Gasteiger partial charge in [-0.1, -0.05) is 15.9 Å². The van der Waals surface area contributed by atoms with Gasteiger partial charge in [0.1, 0.15) is 0 Å². The van der Waals surface area contributed by atoms with Crippen LogP contribution in [0.2, 0.25) is 0 Å². The first kappa shape index (κ1) is 20.8. The highest BCUT2D eigenvalue weighted by Gasteiger charge is 2.14. The molecule has 26 heavy (non-hydrogen) atoms. The van der Waals surface area contributed by atoms with Gasteiger partial charge in [-0.15, -0.1) is 0 Å². The van der Waals surface area contributed by atoms with Crippen molar-refractivity contribution in [3.8, 4) is 23.0 Å². The molecule has 0 fully saturated rings. The molecule has 0 bridgehead atoms. The maximum absolute atomic E-state index is 11.9. The summed E-state index contributed by atoms with van der Waals surface area (Å²) in [6, 6.07) is 6.59. The lowest BCUT2D eigenvalue weighted by atomic mass is 10.2. The van der Waals surface area contributed by atoms with Gasteiger partial charge >= 0.3 is 0 Å². The van der Waals surface area contributed by atoms with Crippen LogP contribution in [0, 0.1) is 0 Å². The second-order valence-electron chi connectivity index (χ2n) is 5.02. The number of carbonyl (C=O) groups is 1. The Kier molecular flexibility index (Phi) is 7.56. The number of hydrogen-bond acceptors (Lipinski definition) is 6. The minimum Gasteiger partial charge on any atom is -0.504 e. The predicted molar refractivity (Wildman–Crippen MR) is 106 cm³/mol. The molecule has 0 aliphatic carbocycles. The lowest BCUT2D eigenvalue weighted by molar-refractivity contribution is -0.124. The van der Waals surface area contributed by atoms with Crippen LogP contribution in [0.4, 0.5) is 0 Å². The van der Waals surface area contributed by atoms with Gasteiger partial charge in [0.05, 0.1) is 11.6 Å². The number of halogens is 3. The van der Waals surface area contributed by atoms with Crippen LogP contribution in [-0.4, -0.2) is 29.8 Å². The number of nitrogens with one attached hydrogen (secondary N) is 2. The summed E-state index contributed by atoms with van der Waals surface area (Å²) in [5, 5.41) is 19.3. The molecule has 2 aromatic carbocycles. The molecule has 0 aliphatic heterocycles. The molecule has 0 saturated carbocycles. The number of aromatic hydroxyl groups is 2. The molecule has 1 amide bonds. The first-order valence-electron chi connectivity index (χ1n) is 7.20. The van der Waals surface area contributed by atoms with E-state index in [1.165, 1.54) is 13.2 Å². The fourth-order valence-electron chi connectivity index (χ4n) is 1.96. The van der Waals surface area contributed by atoms with E-state index in [1.807, 2.05) is 0 Å². The van der Waals surface area contributed by atoms with Crippen molar-refractivity contribution >= 4 is 53.7 Å². The molecule has 10 heteroatoms. The highest BCUT2D eigenvalue weighted by molar-refractivity contribution is 9.13. The molecule has 0 spiro atoms. The number of hydrazine groups is 1. The molecule has 0 aliphatic rings. The van der Waals surface area contributed by atoms with E-state index in [-0.39, 0.29) is 24.7 Å². The van der Waals surface area contributed by atoms with Gasteiger partial charge in [-0.2, -0.15) is 0 Å². The first-order valence-corrected chi connectivity index (χ1v) is 9.58. The van der Waals surface area contributed by atoms with Gasteiger partial charge in [-0.3, -0.25) is 10.2 Å². The largest absolute Gasteiger partial charge is 0.504 e. The van der Waals surface area contributed by atoms with Gasteiger partial charge in [-0.05, 0) is 61.7 Å². The first-order chi connectivity index (χ1) is 12.3. The van der Waals surface area contributed by atoms with Crippen molar-refractivity contribution in [1.82, 2.24) is 10.9 Å². The number of rotatable bonds is 7. The number of carbonyl (C=O) groups excluding carboxylic acids is 1. The maximum atomic E-state index is 11.9. The van der Waals surface area contributed by atoms with E-state index in [0.717, 1.165) is 4.47 Å². The lowest BCUT2D eigenvalue weighted by Crippen LogP contribution is -2.39. The van der Waals surface area contributed by atoms with E-state index < -0.39 is 5.91 Å². The molecule has 0 atom stereocenters. The molecule has 0 saturated heterocycles. The second-order valence-corrected chi connectivity index (χ2v) is 7.52. The van der Waals surface area contributed by atoms with E-state index in [2.05, 4.69) is 58.6 Å². The van der Waals surface area contributed by atoms with Crippen LogP contribution in [-0.2, 0) is 11.3 Å². The Bertz CT molecular complexity index is 817. The zero-order chi connectivity index (χ0) is 19.3. The number of methoxy groups -OCH3 is 1. The third kappa shape index (κ3) is 5.26. The molecule has 7 nitrogen and oxygen atoms in total. The van der Waals surface area contributed by atoms with Crippen molar-refractivity contribution < 1.29 is 24.5 Å². The Morgan fingerprint density at radius 3 is 2.54 bits per heavy atom. The fourth-order valence-corrected chi connectivity index (χ4v) is 3.20. The standard InChI is InChI=1S/C16H15Br3N2O5/c1-25-12-5-9(17)2-3-11(12)26-7-13(23)21-20-6-8-4-10(22)16(24)15(19)14(8)18/h2-5,20,22,24H,6-7H2,1H3,(H,21,23). The Morgan fingerprint density at radius 2 is 1.85 bits per heavy atom. The quantitative estimate of drug-likeness (QED) is 0.308. The Balaban J connectivity index is 1.87. The summed E-state index contributed by atoms with van der Waals surface area (Å²) < 4.78 is 12.3. The number of phenols is 2. The fraction of sp³-hybridized carbons (Fsp3) is 0.188. The molecule has 2 rings (SSSR count). The van der Waals surface area contributed by atoms with Gasteiger partial charge in [-0.25, -0.2) is 5.43 Å². The Labute approximate surface area is 175 Å². The molecular formula is C16H15Br3N2O5. The molecule has 2 aromatic rings. The molecular weight excluding hydrogens is 540 g/mol. The van der Waals surface area contributed by atoms with Crippen LogP contribution < -0.4 is 20.3 Å². The van der Waals surface area contributed by atoms with Gasteiger partial charge in [0, 0.05) is 15.5 Å². The van der Waals surface area contributed by atoms with E-state index in [4.69, 9.17) is 9.47 Å². The number of hydrogen-bond donors (Lipinski definition) is 4. The number of ether oxygens (including phenoxy) is 2. The minimum absolute atomic E-state index is 0.209. The lowest BCUT2D eigenvalue weighted by Gasteiger charge is -2.13. The SMILES string of the molecule is COc1cc(Br)ccc1OCC(=O)NNCc1cc(O)c(O)c(Br)c1Br. The van der Waals surface area contributed by atoms with Crippen LogP contribution in [0.25, 0.3) is 0 Å². The number of amides is 1. The molecule has 0 unspecified atom stereocenters. The van der Waals surface area contributed by atoms with E-state index in [0.29, 0.717) is 26.0 Å². The molecule has 0 radical (unpaired) electrons. The van der Waals surface area contributed by atoms with Crippen LogP contribution in [0.3, 0.4) is 0 Å². The van der Waals surface area contributed by atoms with Gasteiger partial charge < -0.3 is 19.7 Å². The maximum Gasteiger partial charge on any atom is 0.271 e. The third-order valence-electron chi connectivity index (χ3n) is 3.23. The summed E-state index contributed by atoms with van der Waals surface area (Å²) in [5.74, 6) is 0.0259. The van der Waals surface area contributed by atoms with E-state index >= 15 is 0 Å². The van der Waals surface area contributed by atoms with Gasteiger partial charge in [0.2, 0.25) is 0 Å². The summed E-state index contributed by atoms with van der Waals surface area (Å²) in [7, 11) is 1.51. The Morgan fingerprint density at radius 1 is 1.12 bits per heavy atom. The van der Waals surface area contributed by atoms with Gasteiger partial charge in [0.25, 0.3) is 5.91 Å². The summed E-state index contributed by atoms with van der Waals surface area (Å²) >= 11 is 9.79. The van der Waals surface area contributed by atoms with E-state index in [9.17, 15) is 15.0 Å². The second kappa shape index (κ2) is 9.45. The molecule has 4 N–H and O–H groups in total. The zero-order valence-corrected chi connectivity index (χ0v) is 18.2. The smallest absolute Gasteiger partial charge is 0.271 e. The predicted octanol–water partition coefficient (Wildman–Crippen LogP) is 3.59. The van der Waals surface area contributed by atoms with E-state index in [1.54, 1.807) is 18.2 Å². The van der Waals surface area contributed by atoms with Crippen LogP contribution >= 0.6 is 47.8 Å². The average Bonchev–Trinajstić information content (AvgIpc) is 2.62. The monoisotopic (exact) mass is 552 g/mol. The average molecular weight is 555 g/mol. The topological polar surface area (TPSA) is 100 Å². The summed E-state index contributed by atoms with van der Waals surface area (Å²) in [6.45, 7) is -0.00292. The van der Waals surface area contributed by atoms with Crippen molar-refractivity contribution in [2.24, 2.45) is 0 Å². The molecule has 140 valence electrons. The Hall–Kier alpha value is -1.49. The van der Waals surface area contributed by atoms with Crippen molar-refractivity contribution in [1.29, 1.82) is 0 Å². The van der Waals surface area contributed by atoms with Crippen LogP contribution in [0.5, 0.6) is 23.0 Å². The van der Waals surface area contributed by atoms with Crippen molar-refractivity contribution in [2.45, 2.75) is 6.54 Å². The summed E-state index contributed by atoms with van der Waals surface area (Å²) in [5.41, 5.74) is 5.84. The van der Waals surface area contributed by atoms with Gasteiger partial charge in [0.15, 0.2) is 29.6 Å². The molecule has 0 heterocycles. The van der Waals surface area contributed by atoms with Crippen LogP contribution in [0.15, 0.2) is 37.7 Å².